The second-order valence-electron chi connectivity index (χ2n) is 34.7. The number of thiazole rings is 2. The minimum atomic E-state index is 0.00347. The fourth-order valence-electron chi connectivity index (χ4n) is 7.44. The first-order valence-electron chi connectivity index (χ1n) is 39.2. The van der Waals surface area contributed by atoms with Crippen molar-refractivity contribution in [2.75, 3.05) is 0 Å². The molecule has 652 valence electrons. The van der Waals surface area contributed by atoms with E-state index in [1.165, 1.54) is 52.6 Å². The van der Waals surface area contributed by atoms with Crippen LogP contribution in [0.3, 0.4) is 0 Å². The minimum absolute atomic E-state index is 0.00347. The summed E-state index contributed by atoms with van der Waals surface area (Å²) in [6, 6.07) is 6.56. The van der Waals surface area contributed by atoms with Crippen molar-refractivity contribution in [1.29, 1.82) is 0 Å². The molecule has 0 saturated carbocycles. The quantitative estimate of drug-likeness (QED) is 0.143. The Kier molecular flexibility index (Phi) is 49.5. The van der Waals surface area contributed by atoms with Crippen molar-refractivity contribution in [3.8, 4) is 0 Å². The largest absolute Gasteiger partial charge is 0.451 e. The lowest BCUT2D eigenvalue weighted by molar-refractivity contribution is 0.346. The number of hydrogen-bond acceptors (Lipinski definition) is 29. The summed E-state index contributed by atoms with van der Waals surface area (Å²) < 4.78 is 30.5. The topological polar surface area (TPSA) is 375 Å². The molecule has 0 atom stereocenters. The Morgan fingerprint density at radius 2 is 1.18 bits per heavy atom. The first kappa shape index (κ1) is 106. The molecule has 0 amide bonds. The van der Waals surface area contributed by atoms with Gasteiger partial charge in [0, 0.05) is 93.1 Å². The molecule has 0 aliphatic heterocycles. The highest BCUT2D eigenvalue weighted by Gasteiger charge is 2.19. The number of H-pyrrole nitrogens is 2. The third-order valence-electron chi connectivity index (χ3n) is 14.9. The van der Waals surface area contributed by atoms with Crippen LogP contribution in [0.2, 0.25) is 0 Å². The number of rotatable bonds is 8. The van der Waals surface area contributed by atoms with Gasteiger partial charge in [-0.2, -0.15) is 36.1 Å². The van der Waals surface area contributed by atoms with Crippen LogP contribution in [-0.4, -0.2) is 135 Å². The van der Waals surface area contributed by atoms with E-state index in [0.717, 1.165) is 34.8 Å². The van der Waals surface area contributed by atoms with E-state index >= 15 is 0 Å². The van der Waals surface area contributed by atoms with Crippen molar-refractivity contribution in [2.24, 2.45) is 0 Å². The summed E-state index contributed by atoms with van der Waals surface area (Å²) >= 11 is 6.66. The Labute approximate surface area is 717 Å². The minimum Gasteiger partial charge on any atom is -0.451 e. The smallest absolute Gasteiger partial charge is 0.213 e. The van der Waals surface area contributed by atoms with Gasteiger partial charge in [0.05, 0.1) is 63.1 Å². The molecule has 0 unspecified atom stereocenters. The summed E-state index contributed by atoms with van der Waals surface area (Å²) in [4.78, 5) is 31.8. The standard InChI is InChI=1S/C8H12S.C7H12N2.C7H11NS.C6H11N3.C6H10N2O.3C6H9NO.2C6H9NS.C5H10N4.2C5H9N3.C4H8N4/c1-8(2,3)7-4-5-9-6-7;1-7(2,3)9-5-4-8-6-9;1-7(2,3)6-4-9-5-8-6;1-6(2,3)9-5-4-7-8-9;1-6(2,3)5-7-4-9-8-5;1-5(2)6-3-8-4-7-6;1-5(2)6-7-3-4-8-6;1-5(2)6-3-4-8-7-6;1-5(2)6-7-3-4-8-6;1-5(2)6-3-4-8-7-6;1-5(2,3)9-4-6-7-8-9;1-5(2)8-4-6-3-7-8;1-4(2)5-6-3-7-8-5;1-3(2)4-5-7-8-6-4/h2*4-6H,1-3H3;2*4-5H,1-3H3;4H,1-3H3;5*3-5H,1-2H3;4H,1-3H3;3-5H,1-2H3;3-4H,1-2H3,(H,6,7,8);3H,1-2H3,(H,5,6,7,8). The lowest BCUT2D eigenvalue weighted by Gasteiger charge is -2.19. The summed E-state index contributed by atoms with van der Waals surface area (Å²) in [5.74, 6) is 6.65. The maximum absolute atomic E-state index is 4.98. The van der Waals surface area contributed by atoms with Crippen LogP contribution in [-0.2, 0) is 32.9 Å². The molecule has 0 spiro atoms. The molecule has 2 N–H and O–H groups in total. The first-order valence-corrected chi connectivity index (χ1v) is 42.8. The van der Waals surface area contributed by atoms with Crippen molar-refractivity contribution >= 4 is 45.5 Å². The van der Waals surface area contributed by atoms with Gasteiger partial charge in [-0.25, -0.2) is 44.3 Å². The predicted octanol–water partition coefficient (Wildman–Crippen LogP) is 22.0. The van der Waals surface area contributed by atoms with Crippen molar-refractivity contribution in [2.45, 2.75) is 316 Å². The van der Waals surface area contributed by atoms with Gasteiger partial charge in [-0.1, -0.05) is 180 Å². The van der Waals surface area contributed by atoms with Gasteiger partial charge in [0.2, 0.25) is 6.39 Å². The average molecular weight is 1710 g/mol. The van der Waals surface area contributed by atoms with Crippen LogP contribution in [0.4, 0.5) is 0 Å². The number of aromatic nitrogens is 27. The number of hydrogen-bond donors (Lipinski definition) is 2. The number of nitrogens with one attached hydrogen (secondary N) is 2. The summed E-state index contributed by atoms with van der Waals surface area (Å²) in [5.41, 5.74) is 8.55. The van der Waals surface area contributed by atoms with Crippen LogP contribution in [0.25, 0.3) is 0 Å². The zero-order valence-electron chi connectivity index (χ0n) is 76.5. The number of tetrazole rings is 2. The zero-order chi connectivity index (χ0) is 89.3. The Morgan fingerprint density at radius 1 is 0.492 bits per heavy atom. The highest BCUT2D eigenvalue weighted by molar-refractivity contribution is 7.09. The van der Waals surface area contributed by atoms with E-state index in [4.69, 9.17) is 8.83 Å². The second-order valence-corrected chi connectivity index (χ2v) is 37.8. The van der Waals surface area contributed by atoms with Crippen LogP contribution in [0, 0.1) is 0 Å². The van der Waals surface area contributed by atoms with E-state index in [-0.39, 0.29) is 27.4 Å². The maximum atomic E-state index is 4.98. The summed E-state index contributed by atoms with van der Waals surface area (Å²) in [7, 11) is 0. The van der Waals surface area contributed by atoms with Gasteiger partial charge in [0.25, 0.3) is 0 Å². The number of thiophene rings is 1. The molecule has 0 aromatic carbocycles. The lowest BCUT2D eigenvalue weighted by atomic mass is 9.90. The van der Waals surface area contributed by atoms with Gasteiger partial charge in [-0.05, 0) is 150 Å². The molecule has 0 bridgehead atoms. The number of aromatic amines is 2. The summed E-state index contributed by atoms with van der Waals surface area (Å²) in [5, 5.41) is 61.2. The van der Waals surface area contributed by atoms with E-state index in [1.807, 2.05) is 121 Å². The fourth-order valence-corrected chi connectivity index (χ4v) is 10.4. The Bertz CT molecular complexity index is 3570. The van der Waals surface area contributed by atoms with E-state index in [1.54, 1.807) is 99.7 Å². The molecule has 31 nitrogen and oxygen atoms in total. The van der Waals surface area contributed by atoms with Gasteiger partial charge in [0.1, 0.15) is 49.9 Å². The highest BCUT2D eigenvalue weighted by atomic mass is 32.1. The van der Waals surface area contributed by atoms with E-state index in [2.05, 4.69) is 324 Å². The Morgan fingerprint density at radius 3 is 1.42 bits per heavy atom. The van der Waals surface area contributed by atoms with Crippen LogP contribution >= 0.6 is 45.5 Å². The Hall–Kier alpha value is -9.87. The summed E-state index contributed by atoms with van der Waals surface area (Å²) in [6.07, 6.45) is 26.7. The zero-order valence-corrected chi connectivity index (χ0v) is 79.8. The molecular weight excluding hydrogens is 1570 g/mol. The monoisotopic (exact) mass is 1700 g/mol. The molecule has 0 radical (unpaired) electrons. The van der Waals surface area contributed by atoms with Gasteiger partial charge in [-0.3, -0.25) is 9.78 Å². The second kappa shape index (κ2) is 55.0. The SMILES string of the molecule is CC(C)(C)c1ccsc1.CC(C)(C)c1cscn1.CC(C)(C)c1ncon1.CC(C)(C)n1ccnc1.CC(C)(C)n1ccnn1.CC(C)(C)n1cnnn1.CC(C)c1ccon1.CC(C)c1ccsn1.CC(C)c1cocn1.CC(C)c1ncco1.CC(C)c1nccs1.CC(C)c1ncn[nH]1.CC(C)c1nn[nH]n1.CC(C)n1cncn1. The van der Waals surface area contributed by atoms with E-state index in [0.29, 0.717) is 52.9 Å². The molecule has 14 heterocycles. The summed E-state index contributed by atoms with van der Waals surface area (Å²) in [6.45, 7) is 71.5. The number of oxazole rings is 2. The van der Waals surface area contributed by atoms with Gasteiger partial charge in [0.15, 0.2) is 23.9 Å². The van der Waals surface area contributed by atoms with Crippen molar-refractivity contribution in [1.82, 2.24) is 135 Å². The third kappa shape index (κ3) is 48.1. The van der Waals surface area contributed by atoms with Crippen molar-refractivity contribution < 1.29 is 17.9 Å². The van der Waals surface area contributed by atoms with Crippen LogP contribution < -0.4 is 0 Å². The predicted molar refractivity (Wildman–Crippen MR) is 475 cm³/mol. The molecule has 0 saturated heterocycles. The average Bonchev–Trinajstić information content (AvgIpc) is 1.30. The lowest BCUT2D eigenvalue weighted by Crippen LogP contribution is -2.22. The fraction of sp³-hybridized carbons (Fsp3) is 0.578. The van der Waals surface area contributed by atoms with Crippen molar-refractivity contribution in [3.05, 3.63) is 208 Å². The molecule has 118 heavy (non-hydrogen) atoms. The highest BCUT2D eigenvalue weighted by Crippen LogP contribution is 2.25. The van der Waals surface area contributed by atoms with Gasteiger partial charge < -0.3 is 22.4 Å². The molecule has 0 aliphatic rings. The third-order valence-corrected chi connectivity index (χ3v) is 17.8. The normalized spacial score (nSPS) is 11.1. The van der Waals surface area contributed by atoms with Gasteiger partial charge in [-0.15, -0.1) is 43.1 Å². The number of nitrogens with zero attached hydrogens (tertiary/aromatic N) is 25. The number of imidazole rings is 1. The van der Waals surface area contributed by atoms with Crippen molar-refractivity contribution in [3.63, 3.8) is 0 Å². The molecule has 14 aromatic heterocycles. The maximum Gasteiger partial charge on any atom is 0.213 e. The van der Waals surface area contributed by atoms with E-state index < -0.39 is 0 Å². The molecule has 14 aromatic rings. The van der Waals surface area contributed by atoms with Crippen LogP contribution in [0.15, 0.2) is 169 Å². The Balaban J connectivity index is 0.000000636. The van der Waals surface area contributed by atoms with Gasteiger partial charge >= 0.3 is 0 Å². The molecule has 0 aliphatic carbocycles. The van der Waals surface area contributed by atoms with Crippen LogP contribution in [0.1, 0.15) is 340 Å². The van der Waals surface area contributed by atoms with Crippen LogP contribution in [0.5, 0.6) is 0 Å². The van der Waals surface area contributed by atoms with E-state index in [9.17, 15) is 0 Å². The molecule has 0 fully saturated rings. The molecular formula is C83H137N27O4S4. The first-order chi connectivity index (χ1) is 55.1. The molecule has 35 heteroatoms. The molecule has 14 rings (SSSR count).